The van der Waals surface area contributed by atoms with Crippen LogP contribution < -0.4 is 4.74 Å². The van der Waals surface area contributed by atoms with Crippen molar-refractivity contribution in [3.8, 4) is 5.75 Å². The van der Waals surface area contributed by atoms with Gasteiger partial charge in [-0.1, -0.05) is 30.3 Å². The highest BCUT2D eigenvalue weighted by molar-refractivity contribution is 5.82. The van der Waals surface area contributed by atoms with E-state index in [2.05, 4.69) is 12.1 Å². The minimum atomic E-state index is -0.467. The molecule has 1 N–H and O–H groups in total. The zero-order valence-corrected chi connectivity index (χ0v) is 14.9. The van der Waals surface area contributed by atoms with Crippen LogP contribution in [-0.4, -0.2) is 25.3 Å². The maximum atomic E-state index is 12.4. The van der Waals surface area contributed by atoms with Crippen molar-refractivity contribution in [2.75, 3.05) is 14.2 Å². The number of esters is 1. The van der Waals surface area contributed by atoms with Gasteiger partial charge in [0.15, 0.2) is 0 Å². The predicted octanol–water partition coefficient (Wildman–Crippen LogP) is 4.21. The Hall–Kier alpha value is -2.75. The molecule has 26 heavy (non-hydrogen) atoms. The summed E-state index contributed by atoms with van der Waals surface area (Å²) in [5.74, 6) is 0.393. The lowest BCUT2D eigenvalue weighted by Crippen LogP contribution is -2.31. The summed E-state index contributed by atoms with van der Waals surface area (Å²) in [5, 5.41) is 10.5. The van der Waals surface area contributed by atoms with Crippen LogP contribution in [0, 0.1) is 5.92 Å². The van der Waals surface area contributed by atoms with Gasteiger partial charge in [-0.3, -0.25) is 4.79 Å². The van der Waals surface area contributed by atoms with E-state index in [1.807, 2.05) is 30.3 Å². The number of aliphatic hydroxyl groups is 1. The van der Waals surface area contributed by atoms with Crippen LogP contribution in [0.15, 0.2) is 48.5 Å². The number of aliphatic hydroxyl groups excluding tert-OH is 1. The molecule has 2 aliphatic rings. The van der Waals surface area contributed by atoms with Crippen LogP contribution in [0.2, 0.25) is 0 Å². The molecule has 0 bridgehead atoms. The molecule has 134 valence electrons. The lowest BCUT2D eigenvalue weighted by Gasteiger charge is -2.38. The van der Waals surface area contributed by atoms with Gasteiger partial charge >= 0.3 is 5.97 Å². The van der Waals surface area contributed by atoms with Gasteiger partial charge < -0.3 is 14.6 Å². The number of hydrogen-bond donors (Lipinski definition) is 1. The molecule has 3 atom stereocenters. The van der Waals surface area contributed by atoms with Crippen LogP contribution >= 0.6 is 0 Å². The average Bonchev–Trinajstić information content (AvgIpc) is 2.69. The first-order valence-electron chi connectivity index (χ1n) is 8.87. The van der Waals surface area contributed by atoms with Crippen molar-refractivity contribution in [1.29, 1.82) is 0 Å². The quantitative estimate of drug-likeness (QED) is 0.843. The van der Waals surface area contributed by atoms with Gasteiger partial charge in [-0.2, -0.15) is 0 Å². The van der Waals surface area contributed by atoms with E-state index in [0.29, 0.717) is 5.92 Å². The van der Waals surface area contributed by atoms with Crippen molar-refractivity contribution in [3.63, 3.8) is 0 Å². The number of ether oxygens (including phenoxy) is 2. The van der Waals surface area contributed by atoms with Crippen molar-refractivity contribution in [2.45, 2.75) is 24.7 Å². The van der Waals surface area contributed by atoms with Crippen molar-refractivity contribution in [1.82, 2.24) is 0 Å². The third-order valence-electron chi connectivity index (χ3n) is 5.64. The highest BCUT2D eigenvalue weighted by Gasteiger charge is 2.41. The standard InChI is InChI=1S/C22H22O4/c1-25-16-9-15-8-14(13-6-4-3-5-7-13)10-17-18(22(24)26-2)12-20(23)19(11-16)21(15)17/h3-7,9,11-12,14,17-18,23H,8,10H2,1-2H3/t14-,17-,18-/m1/s1. The third kappa shape index (κ3) is 2.66. The molecular weight excluding hydrogens is 328 g/mol. The van der Waals surface area contributed by atoms with Crippen molar-refractivity contribution in [2.24, 2.45) is 5.92 Å². The fourth-order valence-electron chi connectivity index (χ4n) is 4.44. The Labute approximate surface area is 153 Å². The molecule has 0 saturated carbocycles. The molecule has 0 aliphatic heterocycles. The molecule has 0 amide bonds. The van der Waals surface area contributed by atoms with Crippen LogP contribution in [-0.2, 0) is 16.0 Å². The van der Waals surface area contributed by atoms with Crippen molar-refractivity contribution < 1.29 is 19.4 Å². The SMILES string of the molecule is COC(=O)[C@@H]1C=C(O)c2cc(OC)cc3c2[C@@H]1C[C@H](c1ccccc1)C3. The molecule has 2 aromatic carbocycles. The monoisotopic (exact) mass is 350 g/mol. The van der Waals surface area contributed by atoms with Gasteiger partial charge in [-0.25, -0.2) is 0 Å². The van der Waals surface area contributed by atoms with Crippen LogP contribution in [0.25, 0.3) is 5.76 Å². The van der Waals surface area contributed by atoms with E-state index < -0.39 is 5.92 Å². The van der Waals surface area contributed by atoms with Gasteiger partial charge in [-0.15, -0.1) is 0 Å². The van der Waals surface area contributed by atoms with Crippen molar-refractivity contribution >= 4 is 11.7 Å². The second-order valence-corrected chi connectivity index (χ2v) is 7.00. The first kappa shape index (κ1) is 16.7. The summed E-state index contributed by atoms with van der Waals surface area (Å²) in [7, 11) is 3.03. The molecular formula is C22H22O4. The minimum absolute atomic E-state index is 0.00628. The molecule has 4 rings (SSSR count). The molecule has 4 heteroatoms. The number of benzene rings is 2. The van der Waals surface area contributed by atoms with Crippen LogP contribution in [0.4, 0.5) is 0 Å². The summed E-state index contributed by atoms with van der Waals surface area (Å²) in [5.41, 5.74) is 4.24. The van der Waals surface area contributed by atoms with Gasteiger partial charge in [0.25, 0.3) is 0 Å². The Morgan fingerprint density at radius 3 is 2.62 bits per heavy atom. The number of methoxy groups -OCH3 is 2. The minimum Gasteiger partial charge on any atom is -0.508 e. The molecule has 2 aliphatic carbocycles. The summed E-state index contributed by atoms with van der Waals surface area (Å²) < 4.78 is 10.5. The van der Waals surface area contributed by atoms with Gasteiger partial charge in [-0.05, 0) is 53.7 Å². The van der Waals surface area contributed by atoms with E-state index in [-0.39, 0.29) is 17.6 Å². The highest BCUT2D eigenvalue weighted by atomic mass is 16.5. The largest absolute Gasteiger partial charge is 0.508 e. The Balaban J connectivity index is 1.85. The molecule has 0 aromatic heterocycles. The third-order valence-corrected chi connectivity index (χ3v) is 5.64. The fraction of sp³-hybridized carbons (Fsp3) is 0.318. The Bertz CT molecular complexity index is 869. The summed E-state index contributed by atoms with van der Waals surface area (Å²) in [6, 6.07) is 14.3. The molecule has 0 saturated heterocycles. The Morgan fingerprint density at radius 2 is 1.92 bits per heavy atom. The summed E-state index contributed by atoms with van der Waals surface area (Å²) >= 11 is 0. The second-order valence-electron chi connectivity index (χ2n) is 7.00. The zero-order chi connectivity index (χ0) is 18.3. The normalized spacial score (nSPS) is 23.6. The van der Waals surface area contributed by atoms with E-state index in [1.165, 1.54) is 12.7 Å². The summed E-state index contributed by atoms with van der Waals surface area (Å²) in [6.45, 7) is 0. The zero-order valence-electron chi connectivity index (χ0n) is 14.9. The van der Waals surface area contributed by atoms with Gasteiger partial charge in [0, 0.05) is 11.5 Å². The molecule has 0 fully saturated rings. The van der Waals surface area contributed by atoms with Crippen LogP contribution in [0.5, 0.6) is 5.75 Å². The highest BCUT2D eigenvalue weighted by Crippen LogP contribution is 2.50. The molecule has 0 radical (unpaired) electrons. The van der Waals surface area contributed by atoms with Gasteiger partial charge in [0.2, 0.25) is 0 Å². The molecule has 0 unspecified atom stereocenters. The van der Waals surface area contributed by atoms with Gasteiger partial charge in [0.1, 0.15) is 11.5 Å². The van der Waals surface area contributed by atoms with E-state index in [1.54, 1.807) is 13.2 Å². The predicted molar refractivity (Wildman–Crippen MR) is 99.4 cm³/mol. The summed E-state index contributed by atoms with van der Waals surface area (Å²) in [4.78, 5) is 12.4. The maximum Gasteiger partial charge on any atom is 0.313 e. The van der Waals surface area contributed by atoms with Crippen molar-refractivity contribution in [3.05, 3.63) is 70.8 Å². The second kappa shape index (κ2) is 6.52. The maximum absolute atomic E-state index is 12.4. The Morgan fingerprint density at radius 1 is 1.15 bits per heavy atom. The molecule has 2 aromatic rings. The average molecular weight is 350 g/mol. The molecule has 0 spiro atoms. The lowest BCUT2D eigenvalue weighted by atomic mass is 9.66. The molecule has 4 nitrogen and oxygen atoms in total. The molecule has 0 heterocycles. The Kier molecular flexibility index (Phi) is 4.19. The van der Waals surface area contributed by atoms with Gasteiger partial charge in [0.05, 0.1) is 20.1 Å². The van der Waals surface area contributed by atoms with E-state index in [9.17, 15) is 9.90 Å². The van der Waals surface area contributed by atoms with Crippen LogP contribution in [0.1, 0.15) is 40.5 Å². The first-order chi connectivity index (χ1) is 12.6. The summed E-state index contributed by atoms with van der Waals surface area (Å²) in [6.07, 6.45) is 3.34. The van der Waals surface area contributed by atoms with Crippen LogP contribution in [0.3, 0.4) is 0 Å². The van der Waals surface area contributed by atoms with E-state index in [4.69, 9.17) is 9.47 Å². The number of carbonyl (C=O) groups is 1. The number of rotatable bonds is 3. The lowest BCUT2D eigenvalue weighted by molar-refractivity contribution is -0.144. The topological polar surface area (TPSA) is 55.8 Å². The smallest absolute Gasteiger partial charge is 0.313 e. The number of hydrogen-bond acceptors (Lipinski definition) is 4. The number of carbonyl (C=O) groups excluding carboxylic acids is 1. The van der Waals surface area contributed by atoms with E-state index in [0.717, 1.165) is 35.3 Å². The fourth-order valence-corrected chi connectivity index (χ4v) is 4.44. The first-order valence-corrected chi connectivity index (χ1v) is 8.87. The van der Waals surface area contributed by atoms with E-state index >= 15 is 0 Å².